The predicted molar refractivity (Wildman–Crippen MR) is 101 cm³/mol. The van der Waals surface area contributed by atoms with Crippen molar-refractivity contribution in [2.24, 2.45) is 5.73 Å². The summed E-state index contributed by atoms with van der Waals surface area (Å²) in [7, 11) is -4.18. The highest BCUT2D eigenvalue weighted by molar-refractivity contribution is 8.01. The number of amides is 1. The van der Waals surface area contributed by atoms with Gasteiger partial charge >= 0.3 is 0 Å². The standard InChI is InChI=1S/C17H22N2O6S2/c1-16(2)17(22,15(18)21)19(9-12-26-16)27(23,24)14-7-5-13(6-8-14)25-11-4-3-10-20/h5-8,20,22H,9-12H2,1-2H3,(H2,18,21). The van der Waals surface area contributed by atoms with Gasteiger partial charge < -0.3 is 20.7 Å². The minimum Gasteiger partial charge on any atom is -0.481 e. The summed E-state index contributed by atoms with van der Waals surface area (Å²) in [5, 5.41) is 19.5. The van der Waals surface area contributed by atoms with Crippen molar-refractivity contribution in [2.75, 3.05) is 25.5 Å². The number of nitrogens with two attached hydrogens (primary N) is 1. The van der Waals surface area contributed by atoms with Gasteiger partial charge in [-0.3, -0.25) is 4.79 Å². The third kappa shape index (κ3) is 4.07. The van der Waals surface area contributed by atoms with E-state index in [2.05, 4.69) is 11.8 Å². The topological polar surface area (TPSA) is 130 Å². The average molecular weight is 415 g/mol. The molecule has 148 valence electrons. The second-order valence-electron chi connectivity index (χ2n) is 6.24. The first-order valence-corrected chi connectivity index (χ1v) is 10.5. The minimum atomic E-state index is -4.18. The molecule has 0 bridgehead atoms. The van der Waals surface area contributed by atoms with Crippen LogP contribution >= 0.6 is 11.8 Å². The van der Waals surface area contributed by atoms with Crippen molar-refractivity contribution in [1.29, 1.82) is 0 Å². The van der Waals surface area contributed by atoms with E-state index < -0.39 is 26.4 Å². The van der Waals surface area contributed by atoms with Crippen molar-refractivity contribution in [1.82, 2.24) is 4.31 Å². The molecule has 0 saturated carbocycles. The number of carbonyl (C=O) groups is 1. The number of aliphatic hydroxyl groups excluding tert-OH is 1. The molecule has 0 aromatic heterocycles. The zero-order valence-electron chi connectivity index (χ0n) is 15.0. The third-order valence-corrected chi connectivity index (χ3v) is 7.52. The largest absolute Gasteiger partial charge is 0.481 e. The van der Waals surface area contributed by atoms with Crippen LogP contribution in [0.2, 0.25) is 0 Å². The molecule has 1 aromatic carbocycles. The lowest BCUT2D eigenvalue weighted by molar-refractivity contribution is -0.155. The first kappa shape index (κ1) is 21.5. The summed E-state index contributed by atoms with van der Waals surface area (Å²) in [4.78, 5) is 11.9. The molecule has 1 atom stereocenters. The summed E-state index contributed by atoms with van der Waals surface area (Å²) in [6, 6.07) is 5.53. The molecule has 1 aliphatic heterocycles. The van der Waals surface area contributed by atoms with E-state index in [0.717, 1.165) is 4.31 Å². The normalized spacial score (nSPS) is 22.5. The Morgan fingerprint density at radius 1 is 1.33 bits per heavy atom. The number of hydrogen-bond donors (Lipinski definition) is 3. The molecule has 1 amide bonds. The number of rotatable bonds is 5. The molecule has 1 aliphatic rings. The second kappa shape index (κ2) is 8.08. The molecule has 10 heteroatoms. The maximum Gasteiger partial charge on any atom is 0.267 e. The molecule has 0 spiro atoms. The molecule has 2 rings (SSSR count). The third-order valence-electron chi connectivity index (χ3n) is 4.23. The summed E-state index contributed by atoms with van der Waals surface area (Å²) >= 11 is 1.28. The van der Waals surface area contributed by atoms with Gasteiger partial charge in [0.05, 0.1) is 9.64 Å². The Morgan fingerprint density at radius 3 is 2.52 bits per heavy atom. The fourth-order valence-corrected chi connectivity index (χ4v) is 5.82. The SMILES string of the molecule is CC1(C)SCCN(S(=O)(=O)c2ccc(OCC#CCO)cc2)C1(O)C(N)=O. The van der Waals surface area contributed by atoms with Gasteiger partial charge in [-0.1, -0.05) is 11.8 Å². The van der Waals surface area contributed by atoms with E-state index in [4.69, 9.17) is 15.6 Å². The summed E-state index contributed by atoms with van der Waals surface area (Å²) < 4.78 is 31.1. The highest BCUT2D eigenvalue weighted by atomic mass is 32.2. The summed E-state index contributed by atoms with van der Waals surface area (Å²) in [6.45, 7) is 2.88. The predicted octanol–water partition coefficient (Wildman–Crippen LogP) is -0.249. The number of nitrogens with zero attached hydrogens (tertiary/aromatic N) is 1. The smallest absolute Gasteiger partial charge is 0.267 e. The van der Waals surface area contributed by atoms with Gasteiger partial charge in [-0.15, -0.1) is 11.8 Å². The van der Waals surface area contributed by atoms with Crippen molar-refractivity contribution in [3.8, 4) is 17.6 Å². The lowest BCUT2D eigenvalue weighted by atomic mass is 9.97. The van der Waals surface area contributed by atoms with Crippen LogP contribution in [0.15, 0.2) is 29.2 Å². The van der Waals surface area contributed by atoms with E-state index >= 15 is 0 Å². The van der Waals surface area contributed by atoms with Crippen molar-refractivity contribution >= 4 is 27.7 Å². The Bertz CT molecular complexity index is 858. The molecule has 0 radical (unpaired) electrons. The fourth-order valence-electron chi connectivity index (χ4n) is 2.72. The zero-order chi connectivity index (χ0) is 20.3. The van der Waals surface area contributed by atoms with Crippen LogP contribution in [-0.2, 0) is 14.8 Å². The maximum atomic E-state index is 13.1. The number of hydrogen-bond acceptors (Lipinski definition) is 7. The van der Waals surface area contributed by atoms with E-state index in [1.807, 2.05) is 0 Å². The number of carbonyl (C=O) groups excluding carboxylic acids is 1. The monoisotopic (exact) mass is 414 g/mol. The summed E-state index contributed by atoms with van der Waals surface area (Å²) in [5.41, 5.74) is 3.03. The first-order chi connectivity index (χ1) is 12.6. The summed E-state index contributed by atoms with van der Waals surface area (Å²) in [6.07, 6.45) is 0. The molecule has 0 aliphatic carbocycles. The molecule has 27 heavy (non-hydrogen) atoms. The van der Waals surface area contributed by atoms with Gasteiger partial charge in [0, 0.05) is 12.3 Å². The molecule has 8 nitrogen and oxygen atoms in total. The van der Waals surface area contributed by atoms with Gasteiger partial charge in [0.25, 0.3) is 5.91 Å². The molecular formula is C17H22N2O6S2. The molecule has 1 heterocycles. The van der Waals surface area contributed by atoms with Gasteiger partial charge in [0.15, 0.2) is 0 Å². The van der Waals surface area contributed by atoms with Gasteiger partial charge in [-0.25, -0.2) is 8.42 Å². The van der Waals surface area contributed by atoms with Crippen molar-refractivity contribution in [3.63, 3.8) is 0 Å². The average Bonchev–Trinajstić information content (AvgIpc) is 2.61. The number of aliphatic hydroxyl groups is 2. The van der Waals surface area contributed by atoms with Crippen molar-refractivity contribution in [3.05, 3.63) is 24.3 Å². The first-order valence-electron chi connectivity index (χ1n) is 8.06. The van der Waals surface area contributed by atoms with Crippen LogP contribution < -0.4 is 10.5 Å². The highest BCUT2D eigenvalue weighted by Crippen LogP contribution is 2.44. The number of primary amides is 1. The van der Waals surface area contributed by atoms with Gasteiger partial charge in [0.2, 0.25) is 15.7 Å². The molecule has 1 unspecified atom stereocenters. The quantitative estimate of drug-likeness (QED) is 0.567. The van der Waals surface area contributed by atoms with Crippen LogP contribution in [0.3, 0.4) is 0 Å². The Balaban J connectivity index is 2.32. The lowest BCUT2D eigenvalue weighted by Crippen LogP contribution is -2.71. The molecule has 1 aromatic rings. The minimum absolute atomic E-state index is 0.0472. The molecular weight excluding hydrogens is 392 g/mol. The van der Waals surface area contributed by atoms with Crippen LogP contribution in [0, 0.1) is 11.8 Å². The lowest BCUT2D eigenvalue weighted by Gasteiger charge is -2.49. The van der Waals surface area contributed by atoms with Gasteiger partial charge in [-0.2, -0.15) is 4.31 Å². The maximum absolute atomic E-state index is 13.1. The van der Waals surface area contributed by atoms with Crippen molar-refractivity contribution < 1.29 is 28.2 Å². The van der Waals surface area contributed by atoms with Gasteiger partial charge in [0.1, 0.15) is 19.0 Å². The van der Waals surface area contributed by atoms with Crippen LogP contribution in [-0.4, -0.2) is 64.8 Å². The van der Waals surface area contributed by atoms with E-state index in [1.54, 1.807) is 13.8 Å². The second-order valence-corrected chi connectivity index (χ2v) is 9.82. The van der Waals surface area contributed by atoms with Crippen LogP contribution in [0.1, 0.15) is 13.8 Å². The zero-order valence-corrected chi connectivity index (χ0v) is 16.6. The van der Waals surface area contributed by atoms with E-state index in [9.17, 15) is 18.3 Å². The number of sulfonamides is 1. The van der Waals surface area contributed by atoms with E-state index in [-0.39, 0.29) is 24.7 Å². The van der Waals surface area contributed by atoms with Crippen LogP contribution in [0.4, 0.5) is 0 Å². The molecule has 1 saturated heterocycles. The van der Waals surface area contributed by atoms with E-state index in [1.165, 1.54) is 36.0 Å². The molecule has 1 fully saturated rings. The Labute approximate surface area is 162 Å². The Kier molecular flexibility index (Phi) is 6.44. The number of ether oxygens (including phenoxy) is 1. The van der Waals surface area contributed by atoms with Crippen molar-refractivity contribution in [2.45, 2.75) is 29.2 Å². The summed E-state index contributed by atoms with van der Waals surface area (Å²) in [5.74, 6) is 4.68. The van der Waals surface area contributed by atoms with E-state index in [0.29, 0.717) is 11.5 Å². The highest BCUT2D eigenvalue weighted by Gasteiger charge is 2.59. The number of benzene rings is 1. The van der Waals surface area contributed by atoms with Crippen LogP contribution in [0.25, 0.3) is 0 Å². The fraction of sp³-hybridized carbons (Fsp3) is 0.471. The Hall–Kier alpha value is -1.77. The van der Waals surface area contributed by atoms with Crippen LogP contribution in [0.5, 0.6) is 5.75 Å². The van der Waals surface area contributed by atoms with Gasteiger partial charge in [-0.05, 0) is 38.1 Å². The Morgan fingerprint density at radius 2 is 1.96 bits per heavy atom. The molecule has 4 N–H and O–H groups in total. The number of thioether (sulfide) groups is 1.